The lowest BCUT2D eigenvalue weighted by Gasteiger charge is -2.14. The Morgan fingerprint density at radius 1 is 1.15 bits per heavy atom. The van der Waals surface area contributed by atoms with E-state index in [0.717, 1.165) is 22.9 Å². The molecule has 0 aliphatic heterocycles. The van der Waals surface area contributed by atoms with E-state index >= 15 is 0 Å². The number of hydrogen-bond acceptors (Lipinski definition) is 2. The molecule has 2 aromatic carbocycles. The maximum atomic E-state index is 5.98. The molecule has 0 bridgehead atoms. The number of nitrogens with one attached hydrogen (secondary N) is 1. The topological polar surface area (TPSA) is 21.3 Å². The third-order valence-corrected chi connectivity index (χ3v) is 3.67. The quantitative estimate of drug-likeness (QED) is 0.797. The molecule has 0 aliphatic rings. The minimum Gasteiger partial charge on any atom is -0.492 e. The van der Waals surface area contributed by atoms with Gasteiger partial charge in [0.25, 0.3) is 0 Å². The summed E-state index contributed by atoms with van der Waals surface area (Å²) in [5.41, 5.74) is 2.32. The zero-order valence-electron chi connectivity index (χ0n) is 11.9. The van der Waals surface area contributed by atoms with Crippen LogP contribution in [0, 0.1) is 6.92 Å². The van der Waals surface area contributed by atoms with E-state index in [1.165, 1.54) is 5.56 Å². The van der Waals surface area contributed by atoms with Gasteiger partial charge in [0.15, 0.2) is 0 Å². The maximum Gasteiger partial charge on any atom is 0.119 e. The molecule has 0 aromatic heterocycles. The lowest BCUT2D eigenvalue weighted by Crippen LogP contribution is -2.24. The highest BCUT2D eigenvalue weighted by Crippen LogP contribution is 2.20. The van der Waals surface area contributed by atoms with Crippen LogP contribution in [0.5, 0.6) is 5.75 Å². The number of aryl methyl sites for hydroxylation is 1. The van der Waals surface area contributed by atoms with E-state index in [9.17, 15) is 0 Å². The number of rotatable bonds is 6. The van der Waals surface area contributed by atoms with Crippen LogP contribution >= 0.6 is 11.6 Å². The van der Waals surface area contributed by atoms with Crippen LogP contribution in [0.4, 0.5) is 0 Å². The van der Waals surface area contributed by atoms with Crippen molar-refractivity contribution < 1.29 is 4.74 Å². The molecule has 1 N–H and O–H groups in total. The van der Waals surface area contributed by atoms with E-state index < -0.39 is 0 Å². The maximum absolute atomic E-state index is 5.98. The molecule has 3 heteroatoms. The van der Waals surface area contributed by atoms with E-state index in [-0.39, 0.29) is 0 Å². The Morgan fingerprint density at radius 3 is 2.60 bits per heavy atom. The second-order valence-corrected chi connectivity index (χ2v) is 5.25. The smallest absolute Gasteiger partial charge is 0.119 e. The lowest BCUT2D eigenvalue weighted by molar-refractivity contribution is 0.307. The van der Waals surface area contributed by atoms with Crippen molar-refractivity contribution in [1.82, 2.24) is 5.32 Å². The summed E-state index contributed by atoms with van der Waals surface area (Å²) in [6, 6.07) is 16.4. The average molecular weight is 290 g/mol. The second-order valence-electron chi connectivity index (χ2n) is 4.85. The molecule has 0 heterocycles. The minimum atomic E-state index is 0.326. The van der Waals surface area contributed by atoms with Gasteiger partial charge in [-0.25, -0.2) is 0 Å². The largest absolute Gasteiger partial charge is 0.492 e. The molecule has 2 nitrogen and oxygen atoms in total. The summed E-state index contributed by atoms with van der Waals surface area (Å²) in [6.07, 6.45) is 0. The molecule has 0 fully saturated rings. The first kappa shape index (κ1) is 14.9. The highest BCUT2D eigenvalue weighted by Gasteiger charge is 2.03. The van der Waals surface area contributed by atoms with Gasteiger partial charge in [0.05, 0.1) is 0 Å². The fraction of sp³-hybridized carbons (Fsp3) is 0.294. The van der Waals surface area contributed by atoms with E-state index in [2.05, 4.69) is 36.5 Å². The third kappa shape index (κ3) is 4.26. The Kier molecular flexibility index (Phi) is 5.45. The molecule has 20 heavy (non-hydrogen) atoms. The zero-order chi connectivity index (χ0) is 14.4. The predicted molar refractivity (Wildman–Crippen MR) is 84.5 cm³/mol. The number of ether oxygens (including phenoxy) is 1. The average Bonchev–Trinajstić information content (AvgIpc) is 2.48. The molecule has 0 radical (unpaired) electrons. The van der Waals surface area contributed by atoms with Crippen LogP contribution in [0.3, 0.4) is 0 Å². The van der Waals surface area contributed by atoms with Crippen molar-refractivity contribution >= 4 is 11.6 Å². The highest BCUT2D eigenvalue weighted by atomic mass is 35.5. The van der Waals surface area contributed by atoms with Gasteiger partial charge in [-0.2, -0.15) is 0 Å². The van der Waals surface area contributed by atoms with E-state index in [1.807, 2.05) is 31.2 Å². The van der Waals surface area contributed by atoms with Crippen molar-refractivity contribution in [3.63, 3.8) is 0 Å². The molecule has 1 atom stereocenters. The second kappa shape index (κ2) is 7.32. The Morgan fingerprint density at radius 2 is 1.90 bits per heavy atom. The van der Waals surface area contributed by atoms with Crippen LogP contribution in [0.2, 0.25) is 5.02 Å². The van der Waals surface area contributed by atoms with E-state index in [4.69, 9.17) is 16.3 Å². The monoisotopic (exact) mass is 289 g/mol. The van der Waals surface area contributed by atoms with Crippen LogP contribution in [-0.2, 0) is 0 Å². The van der Waals surface area contributed by atoms with Gasteiger partial charge in [0, 0.05) is 17.6 Å². The molecule has 0 amide bonds. The minimum absolute atomic E-state index is 0.326. The van der Waals surface area contributed by atoms with E-state index in [1.54, 1.807) is 0 Å². The molecular formula is C17H20ClNO. The van der Waals surface area contributed by atoms with E-state index in [0.29, 0.717) is 12.6 Å². The fourth-order valence-electron chi connectivity index (χ4n) is 2.01. The van der Waals surface area contributed by atoms with Crippen molar-refractivity contribution in [2.24, 2.45) is 0 Å². The van der Waals surface area contributed by atoms with Crippen LogP contribution in [-0.4, -0.2) is 13.2 Å². The Balaban J connectivity index is 1.75. The molecule has 106 valence electrons. The van der Waals surface area contributed by atoms with Crippen molar-refractivity contribution in [2.45, 2.75) is 19.9 Å². The summed E-state index contributed by atoms with van der Waals surface area (Å²) >= 11 is 5.98. The summed E-state index contributed by atoms with van der Waals surface area (Å²) in [4.78, 5) is 0. The number of halogens is 1. The standard InChI is InChI=1S/C17H20ClNO/c1-13-12-16(8-9-17(13)18)20-11-10-19-14(2)15-6-4-3-5-7-15/h3-9,12,14,19H,10-11H2,1-2H3. The first-order valence-corrected chi connectivity index (χ1v) is 7.22. The number of hydrogen-bond donors (Lipinski definition) is 1. The van der Waals surface area contributed by atoms with Crippen molar-refractivity contribution in [1.29, 1.82) is 0 Å². The van der Waals surface area contributed by atoms with Gasteiger partial charge >= 0.3 is 0 Å². The van der Waals surface area contributed by atoms with Crippen molar-refractivity contribution in [2.75, 3.05) is 13.2 Å². The lowest BCUT2D eigenvalue weighted by atomic mass is 10.1. The van der Waals surface area contributed by atoms with Gasteiger partial charge in [-0.3, -0.25) is 0 Å². The first-order valence-electron chi connectivity index (χ1n) is 6.84. The molecule has 0 saturated carbocycles. The Labute approximate surface area is 125 Å². The highest BCUT2D eigenvalue weighted by molar-refractivity contribution is 6.31. The Hall–Kier alpha value is -1.51. The van der Waals surface area contributed by atoms with Gasteiger partial charge in [0.2, 0.25) is 0 Å². The normalized spacial score (nSPS) is 12.2. The van der Waals surface area contributed by atoms with Gasteiger partial charge in [-0.1, -0.05) is 41.9 Å². The molecule has 0 saturated heterocycles. The van der Waals surface area contributed by atoms with Crippen LogP contribution < -0.4 is 10.1 Å². The SMILES string of the molecule is Cc1cc(OCCNC(C)c2ccccc2)ccc1Cl. The Bertz CT molecular complexity index is 542. The number of benzene rings is 2. The van der Waals surface area contributed by atoms with Gasteiger partial charge < -0.3 is 10.1 Å². The van der Waals surface area contributed by atoms with Gasteiger partial charge in [0.1, 0.15) is 12.4 Å². The van der Waals surface area contributed by atoms with Crippen LogP contribution in [0.1, 0.15) is 24.1 Å². The van der Waals surface area contributed by atoms with Crippen LogP contribution in [0.25, 0.3) is 0 Å². The molecule has 2 aromatic rings. The van der Waals surface area contributed by atoms with Crippen molar-refractivity contribution in [3.05, 3.63) is 64.7 Å². The third-order valence-electron chi connectivity index (χ3n) is 3.25. The van der Waals surface area contributed by atoms with Gasteiger partial charge in [-0.15, -0.1) is 0 Å². The zero-order valence-corrected chi connectivity index (χ0v) is 12.7. The summed E-state index contributed by atoms with van der Waals surface area (Å²) in [5.74, 6) is 0.862. The van der Waals surface area contributed by atoms with Crippen LogP contribution in [0.15, 0.2) is 48.5 Å². The fourth-order valence-corrected chi connectivity index (χ4v) is 2.13. The summed E-state index contributed by atoms with van der Waals surface area (Å²) < 4.78 is 5.71. The summed E-state index contributed by atoms with van der Waals surface area (Å²) in [7, 11) is 0. The van der Waals surface area contributed by atoms with Gasteiger partial charge in [-0.05, 0) is 43.2 Å². The first-order chi connectivity index (χ1) is 9.66. The van der Waals surface area contributed by atoms with Crippen molar-refractivity contribution in [3.8, 4) is 5.75 Å². The summed E-state index contributed by atoms with van der Waals surface area (Å²) in [5, 5.41) is 4.22. The molecule has 0 spiro atoms. The predicted octanol–water partition coefficient (Wildman–Crippen LogP) is 4.38. The molecule has 0 aliphatic carbocycles. The summed E-state index contributed by atoms with van der Waals surface area (Å²) in [6.45, 7) is 5.57. The molecule has 1 unspecified atom stereocenters. The molecule has 2 rings (SSSR count). The molecular weight excluding hydrogens is 270 g/mol.